The smallest absolute Gasteiger partial charge is 0.208 e. The molecule has 0 bridgehead atoms. The Morgan fingerprint density at radius 1 is 0.909 bits per heavy atom. The second-order valence-corrected chi connectivity index (χ2v) is 7.81. The van der Waals surface area contributed by atoms with Crippen molar-refractivity contribution in [3.05, 3.63) is 30.3 Å². The number of rotatable bonds is 12. The van der Waals surface area contributed by atoms with E-state index in [1.165, 1.54) is 44.9 Å². The van der Waals surface area contributed by atoms with Crippen molar-refractivity contribution in [1.29, 1.82) is 0 Å². The molecule has 0 aliphatic heterocycles. The molecule has 0 amide bonds. The minimum Gasteiger partial charge on any atom is -0.208 e. The van der Waals surface area contributed by atoms with Crippen LogP contribution in [0.3, 0.4) is 0 Å². The van der Waals surface area contributed by atoms with Crippen molar-refractivity contribution in [2.24, 2.45) is 0 Å². The van der Waals surface area contributed by atoms with Gasteiger partial charge in [0.05, 0.1) is 4.90 Å². The molecular formula is C18H31NO2S. The Hall–Kier alpha value is -0.870. The number of sulfonamides is 1. The Balaban J connectivity index is 2.17. The minimum absolute atomic E-state index is 0.00898. The lowest BCUT2D eigenvalue weighted by atomic mass is 10.1. The summed E-state index contributed by atoms with van der Waals surface area (Å²) < 4.78 is 27.1. The SMILES string of the molecule is CCCCCCCCCCC(C)NS(=O)(=O)c1ccccc1. The Bertz CT molecular complexity index is 485. The van der Waals surface area contributed by atoms with E-state index in [-0.39, 0.29) is 6.04 Å². The molecule has 4 heteroatoms. The first-order chi connectivity index (χ1) is 10.6. The molecule has 126 valence electrons. The third-order valence-electron chi connectivity index (χ3n) is 3.90. The van der Waals surface area contributed by atoms with E-state index in [4.69, 9.17) is 0 Å². The van der Waals surface area contributed by atoms with E-state index in [1.54, 1.807) is 24.3 Å². The van der Waals surface area contributed by atoms with Gasteiger partial charge in [0.15, 0.2) is 0 Å². The molecule has 0 radical (unpaired) electrons. The normalized spacial score (nSPS) is 13.2. The second-order valence-electron chi connectivity index (χ2n) is 6.10. The van der Waals surface area contributed by atoms with Gasteiger partial charge in [0.1, 0.15) is 0 Å². The first kappa shape index (κ1) is 19.2. The molecule has 1 rings (SSSR count). The zero-order valence-corrected chi connectivity index (χ0v) is 14.9. The highest BCUT2D eigenvalue weighted by Gasteiger charge is 2.16. The molecule has 0 aliphatic rings. The summed E-state index contributed by atoms with van der Waals surface area (Å²) in [6, 6.07) is 8.57. The fraction of sp³-hybridized carbons (Fsp3) is 0.667. The van der Waals surface area contributed by atoms with Gasteiger partial charge < -0.3 is 0 Å². The summed E-state index contributed by atoms with van der Waals surface area (Å²) in [4.78, 5) is 0.345. The van der Waals surface area contributed by atoms with Crippen LogP contribution >= 0.6 is 0 Å². The summed E-state index contributed by atoms with van der Waals surface area (Å²) in [5, 5.41) is 0. The average Bonchev–Trinajstić information content (AvgIpc) is 2.50. The van der Waals surface area contributed by atoms with Crippen LogP contribution in [0.25, 0.3) is 0 Å². The van der Waals surface area contributed by atoms with Gasteiger partial charge in [-0.2, -0.15) is 0 Å². The minimum atomic E-state index is -3.37. The van der Waals surface area contributed by atoms with Crippen LogP contribution in [0.4, 0.5) is 0 Å². The lowest BCUT2D eigenvalue weighted by molar-refractivity contribution is 0.511. The van der Waals surface area contributed by atoms with Crippen molar-refractivity contribution in [2.45, 2.75) is 82.6 Å². The molecule has 0 fully saturated rings. The van der Waals surface area contributed by atoms with E-state index in [0.717, 1.165) is 12.8 Å². The van der Waals surface area contributed by atoms with E-state index >= 15 is 0 Å². The molecule has 1 aromatic rings. The zero-order chi connectivity index (χ0) is 16.3. The maximum Gasteiger partial charge on any atom is 0.240 e. The van der Waals surface area contributed by atoms with Gasteiger partial charge in [-0.3, -0.25) is 0 Å². The van der Waals surface area contributed by atoms with Gasteiger partial charge in [0.2, 0.25) is 10.0 Å². The molecule has 0 heterocycles. The molecule has 1 unspecified atom stereocenters. The molecule has 1 N–H and O–H groups in total. The lowest BCUT2D eigenvalue weighted by Gasteiger charge is -2.14. The van der Waals surface area contributed by atoms with Crippen LogP contribution in [0.5, 0.6) is 0 Å². The van der Waals surface area contributed by atoms with Crippen molar-refractivity contribution in [3.63, 3.8) is 0 Å². The van der Waals surface area contributed by atoms with Crippen molar-refractivity contribution in [1.82, 2.24) is 4.72 Å². The van der Waals surface area contributed by atoms with Crippen LogP contribution in [0.2, 0.25) is 0 Å². The lowest BCUT2D eigenvalue weighted by Crippen LogP contribution is -2.32. The summed E-state index contributed by atoms with van der Waals surface area (Å²) in [5.41, 5.74) is 0. The molecule has 0 spiro atoms. The Morgan fingerprint density at radius 2 is 1.45 bits per heavy atom. The molecule has 0 saturated heterocycles. The molecular weight excluding hydrogens is 294 g/mol. The summed E-state index contributed by atoms with van der Waals surface area (Å²) in [6.45, 7) is 4.18. The van der Waals surface area contributed by atoms with E-state index in [1.807, 2.05) is 13.0 Å². The maximum absolute atomic E-state index is 12.2. The highest BCUT2D eigenvalue weighted by Crippen LogP contribution is 2.13. The number of hydrogen-bond donors (Lipinski definition) is 1. The fourth-order valence-electron chi connectivity index (χ4n) is 2.58. The van der Waals surface area contributed by atoms with Crippen molar-refractivity contribution in [2.75, 3.05) is 0 Å². The van der Waals surface area contributed by atoms with Gasteiger partial charge >= 0.3 is 0 Å². The Kier molecular flexibility index (Phi) is 9.41. The molecule has 22 heavy (non-hydrogen) atoms. The summed E-state index contributed by atoms with van der Waals surface area (Å²) in [7, 11) is -3.37. The average molecular weight is 326 g/mol. The number of unbranched alkanes of at least 4 members (excludes halogenated alkanes) is 7. The number of benzene rings is 1. The molecule has 3 nitrogen and oxygen atoms in total. The highest BCUT2D eigenvalue weighted by molar-refractivity contribution is 7.89. The third kappa shape index (κ3) is 7.95. The van der Waals surface area contributed by atoms with Crippen LogP contribution in [-0.4, -0.2) is 14.5 Å². The number of hydrogen-bond acceptors (Lipinski definition) is 2. The predicted molar refractivity (Wildman–Crippen MR) is 93.5 cm³/mol. The Morgan fingerprint density at radius 3 is 2.05 bits per heavy atom. The van der Waals surface area contributed by atoms with Crippen LogP contribution in [0, 0.1) is 0 Å². The van der Waals surface area contributed by atoms with Crippen molar-refractivity contribution < 1.29 is 8.42 Å². The third-order valence-corrected chi connectivity index (χ3v) is 5.51. The van der Waals surface area contributed by atoms with E-state index in [2.05, 4.69) is 11.6 Å². The molecule has 1 aromatic carbocycles. The van der Waals surface area contributed by atoms with Crippen molar-refractivity contribution >= 4 is 10.0 Å². The van der Waals surface area contributed by atoms with Gasteiger partial charge in [-0.25, -0.2) is 13.1 Å². The summed E-state index contributed by atoms with van der Waals surface area (Å²) in [6.07, 6.45) is 11.1. The standard InChI is InChI=1S/C18H31NO2S/c1-3-4-5-6-7-8-9-11-14-17(2)19-22(20,21)18-15-12-10-13-16-18/h10,12-13,15-17,19H,3-9,11,14H2,1-2H3. The van der Waals surface area contributed by atoms with Gasteiger partial charge in [-0.1, -0.05) is 76.5 Å². The highest BCUT2D eigenvalue weighted by atomic mass is 32.2. The van der Waals surface area contributed by atoms with E-state index < -0.39 is 10.0 Å². The monoisotopic (exact) mass is 325 g/mol. The first-order valence-corrected chi connectivity index (χ1v) is 10.1. The van der Waals surface area contributed by atoms with Gasteiger partial charge in [-0.15, -0.1) is 0 Å². The summed E-state index contributed by atoms with van der Waals surface area (Å²) >= 11 is 0. The first-order valence-electron chi connectivity index (χ1n) is 8.63. The second kappa shape index (κ2) is 10.8. The molecule has 1 atom stereocenters. The topological polar surface area (TPSA) is 46.2 Å². The van der Waals surface area contributed by atoms with Crippen LogP contribution < -0.4 is 4.72 Å². The molecule has 0 saturated carbocycles. The van der Waals surface area contributed by atoms with Gasteiger partial charge in [0.25, 0.3) is 0 Å². The van der Waals surface area contributed by atoms with E-state index in [9.17, 15) is 8.42 Å². The Labute approximate surface area is 136 Å². The number of nitrogens with one attached hydrogen (secondary N) is 1. The van der Waals surface area contributed by atoms with Crippen LogP contribution in [0.15, 0.2) is 35.2 Å². The molecule has 0 aliphatic carbocycles. The van der Waals surface area contributed by atoms with Gasteiger partial charge in [-0.05, 0) is 25.5 Å². The molecule has 0 aromatic heterocycles. The van der Waals surface area contributed by atoms with Crippen LogP contribution in [0.1, 0.15) is 71.6 Å². The maximum atomic E-state index is 12.2. The zero-order valence-electron chi connectivity index (χ0n) is 14.1. The summed E-state index contributed by atoms with van der Waals surface area (Å²) in [5.74, 6) is 0. The largest absolute Gasteiger partial charge is 0.240 e. The van der Waals surface area contributed by atoms with E-state index in [0.29, 0.717) is 4.90 Å². The quantitative estimate of drug-likeness (QED) is 0.556. The van der Waals surface area contributed by atoms with Crippen molar-refractivity contribution in [3.8, 4) is 0 Å². The van der Waals surface area contributed by atoms with Crippen LogP contribution in [-0.2, 0) is 10.0 Å². The predicted octanol–water partition coefficient (Wildman–Crippen LogP) is 4.88. The fourth-order valence-corrected chi connectivity index (χ4v) is 3.87. The van der Waals surface area contributed by atoms with Gasteiger partial charge in [0, 0.05) is 6.04 Å².